The highest BCUT2D eigenvalue weighted by atomic mass is 35.5. The predicted molar refractivity (Wildman–Crippen MR) is 85.8 cm³/mol. The van der Waals surface area contributed by atoms with Crippen LogP contribution in [0.15, 0.2) is 12.1 Å². The molecule has 0 bridgehead atoms. The first-order chi connectivity index (χ1) is 9.18. The van der Waals surface area contributed by atoms with Crippen molar-refractivity contribution in [2.75, 3.05) is 26.2 Å². The molecule has 1 aliphatic heterocycles. The molecular formula is C14H22Cl2N2O3. The van der Waals surface area contributed by atoms with Crippen LogP contribution in [0.1, 0.15) is 24.4 Å². The van der Waals surface area contributed by atoms with E-state index in [4.69, 9.17) is 0 Å². The summed E-state index contributed by atoms with van der Waals surface area (Å²) in [4.78, 5) is 2.36. The van der Waals surface area contributed by atoms with Crippen molar-refractivity contribution in [1.82, 2.24) is 10.2 Å². The zero-order valence-electron chi connectivity index (χ0n) is 11.7. The van der Waals surface area contributed by atoms with E-state index in [0.717, 1.165) is 44.6 Å². The van der Waals surface area contributed by atoms with Crippen LogP contribution < -0.4 is 5.32 Å². The highest BCUT2D eigenvalue weighted by Crippen LogP contribution is 2.50. The molecule has 1 aliphatic carbocycles. The van der Waals surface area contributed by atoms with Gasteiger partial charge in [0.15, 0.2) is 11.5 Å². The molecule has 1 atom stereocenters. The third-order valence-electron chi connectivity index (χ3n) is 4.09. The van der Waals surface area contributed by atoms with Crippen molar-refractivity contribution in [3.8, 4) is 17.2 Å². The van der Waals surface area contributed by atoms with Gasteiger partial charge in [-0.15, -0.1) is 24.8 Å². The third-order valence-corrected chi connectivity index (χ3v) is 4.09. The number of phenolic OH excluding ortho intramolecular Hbond substituents is 3. The van der Waals surface area contributed by atoms with E-state index in [-0.39, 0.29) is 42.4 Å². The van der Waals surface area contributed by atoms with Crippen LogP contribution in [0.3, 0.4) is 0 Å². The summed E-state index contributed by atoms with van der Waals surface area (Å²) < 4.78 is 0. The van der Waals surface area contributed by atoms with Crippen molar-refractivity contribution in [2.24, 2.45) is 5.92 Å². The van der Waals surface area contributed by atoms with Crippen molar-refractivity contribution in [2.45, 2.75) is 18.9 Å². The molecule has 1 heterocycles. The first-order valence-corrected chi connectivity index (χ1v) is 6.87. The van der Waals surface area contributed by atoms with E-state index >= 15 is 0 Å². The molecule has 1 saturated heterocycles. The summed E-state index contributed by atoms with van der Waals surface area (Å²) in [5, 5.41) is 32.6. The van der Waals surface area contributed by atoms with Crippen LogP contribution >= 0.6 is 24.8 Å². The molecule has 0 radical (unpaired) electrons. The Hall–Kier alpha value is -0.880. The standard InChI is InChI=1S/C14H20N2O3.2ClH/c17-11-4-3-10(13(18)14(11)19)12(9-1-2-9)16-7-5-15-6-8-16;;/h3-4,9,12,15,17-19H,1-2,5-8H2;2*1H/t12-;;/m1../s1. The Bertz CT molecular complexity index is 478. The highest BCUT2D eigenvalue weighted by molar-refractivity contribution is 5.85. The molecule has 21 heavy (non-hydrogen) atoms. The van der Waals surface area contributed by atoms with Gasteiger partial charge in [-0.1, -0.05) is 0 Å². The highest BCUT2D eigenvalue weighted by Gasteiger charge is 2.38. The van der Waals surface area contributed by atoms with Crippen molar-refractivity contribution in [3.63, 3.8) is 0 Å². The molecule has 1 aromatic rings. The maximum Gasteiger partial charge on any atom is 0.200 e. The third kappa shape index (κ3) is 3.66. The zero-order valence-corrected chi connectivity index (χ0v) is 13.3. The van der Waals surface area contributed by atoms with Crippen LogP contribution in [0.25, 0.3) is 0 Å². The fourth-order valence-corrected chi connectivity index (χ4v) is 2.94. The van der Waals surface area contributed by atoms with Crippen molar-refractivity contribution >= 4 is 24.8 Å². The number of nitrogens with zero attached hydrogens (tertiary/aromatic N) is 1. The molecule has 2 fully saturated rings. The summed E-state index contributed by atoms with van der Waals surface area (Å²) in [7, 11) is 0. The Kier molecular flexibility index (Phi) is 6.41. The van der Waals surface area contributed by atoms with Gasteiger partial charge in [0.05, 0.1) is 0 Å². The Morgan fingerprint density at radius 1 is 1.00 bits per heavy atom. The van der Waals surface area contributed by atoms with Crippen molar-refractivity contribution in [1.29, 1.82) is 0 Å². The number of nitrogens with one attached hydrogen (secondary N) is 1. The SMILES string of the molecule is Cl.Cl.Oc1ccc([C@@H](C2CC2)N2CCNCC2)c(O)c1O. The van der Waals surface area contributed by atoms with Crippen LogP contribution in [0.2, 0.25) is 0 Å². The molecule has 3 rings (SSSR count). The number of halogens is 2. The second kappa shape index (κ2) is 7.40. The number of aromatic hydroxyl groups is 3. The molecule has 2 aliphatic rings. The molecule has 5 nitrogen and oxygen atoms in total. The predicted octanol–water partition coefficient (Wildman–Crippen LogP) is 2.00. The monoisotopic (exact) mass is 336 g/mol. The quantitative estimate of drug-likeness (QED) is 0.635. The fourth-order valence-electron chi connectivity index (χ4n) is 2.94. The molecule has 0 amide bonds. The average Bonchev–Trinajstić information content (AvgIpc) is 3.25. The maximum absolute atomic E-state index is 10.1. The molecule has 0 unspecified atom stereocenters. The minimum Gasteiger partial charge on any atom is -0.504 e. The summed E-state index contributed by atoms with van der Waals surface area (Å²) in [5.74, 6) is -0.294. The second-order valence-corrected chi connectivity index (χ2v) is 5.44. The Labute approximate surface area is 136 Å². The van der Waals surface area contributed by atoms with Gasteiger partial charge in [0.1, 0.15) is 0 Å². The van der Waals surface area contributed by atoms with Gasteiger partial charge < -0.3 is 20.6 Å². The van der Waals surface area contributed by atoms with Gasteiger partial charge >= 0.3 is 0 Å². The Morgan fingerprint density at radius 3 is 2.19 bits per heavy atom. The van der Waals surface area contributed by atoms with Gasteiger partial charge in [-0.05, 0) is 30.9 Å². The second-order valence-electron chi connectivity index (χ2n) is 5.44. The number of piperazine rings is 1. The summed E-state index contributed by atoms with van der Waals surface area (Å²) >= 11 is 0. The van der Waals surface area contributed by atoms with E-state index in [0.29, 0.717) is 5.92 Å². The maximum atomic E-state index is 10.1. The van der Waals surface area contributed by atoms with Crippen LogP contribution in [0, 0.1) is 5.92 Å². The largest absolute Gasteiger partial charge is 0.504 e. The normalized spacial score (nSPS) is 20.2. The lowest BCUT2D eigenvalue weighted by molar-refractivity contribution is 0.153. The molecule has 7 heteroatoms. The number of hydrogen-bond acceptors (Lipinski definition) is 5. The van der Waals surface area contributed by atoms with Crippen LogP contribution in [-0.2, 0) is 0 Å². The average molecular weight is 337 g/mol. The van der Waals surface area contributed by atoms with Crippen LogP contribution in [-0.4, -0.2) is 46.4 Å². The van der Waals surface area contributed by atoms with Gasteiger partial charge in [-0.3, -0.25) is 4.90 Å². The summed E-state index contributed by atoms with van der Waals surface area (Å²) in [5.41, 5.74) is 0.736. The number of hydrogen-bond donors (Lipinski definition) is 4. The van der Waals surface area contributed by atoms with Crippen LogP contribution in [0.5, 0.6) is 17.2 Å². The zero-order chi connectivity index (χ0) is 13.4. The smallest absolute Gasteiger partial charge is 0.200 e. The summed E-state index contributed by atoms with van der Waals surface area (Å²) in [6.07, 6.45) is 2.32. The van der Waals surface area contributed by atoms with Gasteiger partial charge in [-0.2, -0.15) is 0 Å². The van der Waals surface area contributed by atoms with Crippen molar-refractivity contribution in [3.05, 3.63) is 17.7 Å². The lowest BCUT2D eigenvalue weighted by Crippen LogP contribution is -2.45. The lowest BCUT2D eigenvalue weighted by atomic mass is 9.98. The van der Waals surface area contributed by atoms with E-state index in [2.05, 4.69) is 10.2 Å². The molecule has 0 aromatic heterocycles. The minimum atomic E-state index is -0.404. The van der Waals surface area contributed by atoms with Crippen molar-refractivity contribution < 1.29 is 15.3 Å². The molecule has 1 saturated carbocycles. The molecule has 1 aromatic carbocycles. The first-order valence-electron chi connectivity index (χ1n) is 6.87. The van der Waals surface area contributed by atoms with Gasteiger partial charge in [-0.25, -0.2) is 0 Å². The molecular weight excluding hydrogens is 315 g/mol. The molecule has 0 spiro atoms. The molecule has 4 N–H and O–H groups in total. The van der Waals surface area contributed by atoms with E-state index in [9.17, 15) is 15.3 Å². The van der Waals surface area contributed by atoms with E-state index in [1.165, 1.54) is 6.07 Å². The molecule has 120 valence electrons. The Morgan fingerprint density at radius 2 is 1.62 bits per heavy atom. The number of rotatable bonds is 3. The van der Waals surface area contributed by atoms with Gasteiger partial charge in [0, 0.05) is 37.8 Å². The summed E-state index contributed by atoms with van der Waals surface area (Å²) in [6.45, 7) is 3.80. The Balaban J connectivity index is 0.00000110. The lowest BCUT2D eigenvalue weighted by Gasteiger charge is -2.35. The van der Waals surface area contributed by atoms with Gasteiger partial charge in [0.2, 0.25) is 5.75 Å². The van der Waals surface area contributed by atoms with Crippen LogP contribution in [0.4, 0.5) is 0 Å². The minimum absolute atomic E-state index is 0. The van der Waals surface area contributed by atoms with E-state index < -0.39 is 5.75 Å². The topological polar surface area (TPSA) is 76.0 Å². The van der Waals surface area contributed by atoms with E-state index in [1.54, 1.807) is 6.07 Å². The summed E-state index contributed by atoms with van der Waals surface area (Å²) in [6, 6.07) is 3.34. The number of phenols is 3. The first kappa shape index (κ1) is 18.2. The number of benzene rings is 1. The van der Waals surface area contributed by atoms with E-state index in [1.807, 2.05) is 0 Å². The fraction of sp³-hybridized carbons (Fsp3) is 0.571. The van der Waals surface area contributed by atoms with Gasteiger partial charge in [0.25, 0.3) is 0 Å².